The van der Waals surface area contributed by atoms with Crippen molar-refractivity contribution in [3.63, 3.8) is 0 Å². The molecule has 0 spiro atoms. The summed E-state index contributed by atoms with van der Waals surface area (Å²) in [6.45, 7) is 1.74. The maximum Gasteiger partial charge on any atom is 0.164 e. The molecule has 0 bridgehead atoms. The standard InChI is InChI=1S/C23H21N7OS/c24-22-20-21(15-2-4-17-19(10-15)32-13-27-17)28-30(23(20)26-12-25-22)18-5-3-14-6-8-29(7-1-9-31)11-16(14)18/h1-2,4,7,9-10,12-13,18H,3,5-6,8,11H2,(H2,24,25,26). The smallest absolute Gasteiger partial charge is 0.164 e. The number of benzene rings is 1. The van der Waals surface area contributed by atoms with Crippen LogP contribution < -0.4 is 5.73 Å². The van der Waals surface area contributed by atoms with Crippen molar-refractivity contribution in [2.75, 3.05) is 18.8 Å². The summed E-state index contributed by atoms with van der Waals surface area (Å²) in [5.41, 5.74) is 14.6. The fourth-order valence-corrected chi connectivity index (χ4v) is 5.65. The lowest BCUT2D eigenvalue weighted by molar-refractivity contribution is -0.104. The molecule has 1 aromatic carbocycles. The second-order valence-electron chi connectivity index (χ2n) is 8.17. The first-order valence-electron chi connectivity index (χ1n) is 10.6. The fourth-order valence-electron chi connectivity index (χ4n) is 4.93. The third-order valence-electron chi connectivity index (χ3n) is 6.44. The molecule has 9 heteroatoms. The number of fused-ring (bicyclic) bond motifs is 2. The fraction of sp³-hybridized carbons (Fsp3) is 0.261. The Morgan fingerprint density at radius 1 is 1.19 bits per heavy atom. The second-order valence-corrected chi connectivity index (χ2v) is 9.05. The largest absolute Gasteiger partial charge is 0.383 e. The van der Waals surface area contributed by atoms with Gasteiger partial charge < -0.3 is 10.6 Å². The number of nitrogen functional groups attached to an aromatic ring is 1. The predicted molar refractivity (Wildman–Crippen MR) is 125 cm³/mol. The van der Waals surface area contributed by atoms with Gasteiger partial charge in [-0.1, -0.05) is 11.6 Å². The second kappa shape index (κ2) is 7.52. The van der Waals surface area contributed by atoms with Gasteiger partial charge in [0, 0.05) is 24.9 Å². The number of hydrogen-bond donors (Lipinski definition) is 1. The van der Waals surface area contributed by atoms with Crippen LogP contribution in [0.4, 0.5) is 5.82 Å². The first kappa shape index (κ1) is 19.1. The van der Waals surface area contributed by atoms with E-state index in [1.54, 1.807) is 17.4 Å². The number of nitrogens with zero attached hydrogens (tertiary/aromatic N) is 6. The third-order valence-corrected chi connectivity index (χ3v) is 7.24. The van der Waals surface area contributed by atoms with Gasteiger partial charge >= 0.3 is 0 Å². The molecule has 8 nitrogen and oxygen atoms in total. The van der Waals surface area contributed by atoms with E-state index in [1.165, 1.54) is 17.5 Å². The van der Waals surface area contributed by atoms with E-state index in [0.29, 0.717) is 5.82 Å². The minimum Gasteiger partial charge on any atom is -0.383 e. The Labute approximate surface area is 188 Å². The summed E-state index contributed by atoms with van der Waals surface area (Å²) in [5, 5.41) is 5.85. The third kappa shape index (κ3) is 3.00. The molecule has 0 saturated carbocycles. The highest BCUT2D eigenvalue weighted by atomic mass is 32.1. The lowest BCUT2D eigenvalue weighted by Crippen LogP contribution is -2.28. The summed E-state index contributed by atoms with van der Waals surface area (Å²) in [4.78, 5) is 26.2. The van der Waals surface area contributed by atoms with Crippen LogP contribution >= 0.6 is 11.3 Å². The van der Waals surface area contributed by atoms with Crippen LogP contribution in [0, 0.1) is 0 Å². The molecule has 160 valence electrons. The van der Waals surface area contributed by atoms with Gasteiger partial charge in [0.15, 0.2) is 5.65 Å². The maximum atomic E-state index is 10.8. The average Bonchev–Trinajstić information content (AvgIpc) is 3.53. The van der Waals surface area contributed by atoms with Gasteiger partial charge in [-0.25, -0.2) is 19.6 Å². The number of thiazole rings is 1. The van der Waals surface area contributed by atoms with Crippen LogP contribution in [-0.2, 0) is 4.79 Å². The number of nitrogens with two attached hydrogens (primary N) is 1. The van der Waals surface area contributed by atoms with E-state index in [1.807, 2.05) is 28.5 Å². The molecule has 32 heavy (non-hydrogen) atoms. The molecule has 0 amide bonds. The van der Waals surface area contributed by atoms with Crippen molar-refractivity contribution in [3.05, 3.63) is 53.5 Å². The van der Waals surface area contributed by atoms with Crippen molar-refractivity contribution >= 4 is 44.7 Å². The van der Waals surface area contributed by atoms with Crippen LogP contribution in [-0.4, -0.2) is 49.0 Å². The van der Waals surface area contributed by atoms with Crippen molar-refractivity contribution in [2.24, 2.45) is 0 Å². The molecule has 6 rings (SSSR count). The molecular weight excluding hydrogens is 422 g/mol. The molecule has 1 unspecified atom stereocenters. The molecule has 1 aliphatic carbocycles. The lowest BCUT2D eigenvalue weighted by Gasteiger charge is -2.29. The SMILES string of the molecule is Nc1ncnc2c1c(-c1ccc3ncsc3c1)nn2C1CCC2=C1CN(C=CC=O)CC2. The molecule has 0 fully saturated rings. The van der Waals surface area contributed by atoms with E-state index in [9.17, 15) is 4.79 Å². The number of hydrogen-bond acceptors (Lipinski definition) is 8. The molecule has 2 N–H and O–H groups in total. The summed E-state index contributed by atoms with van der Waals surface area (Å²) in [5.74, 6) is 0.437. The van der Waals surface area contributed by atoms with Crippen molar-refractivity contribution in [3.8, 4) is 11.3 Å². The van der Waals surface area contributed by atoms with Gasteiger partial charge in [0.05, 0.1) is 27.2 Å². The predicted octanol–water partition coefficient (Wildman–Crippen LogP) is 3.74. The Balaban J connectivity index is 1.48. The number of anilines is 1. The highest BCUT2D eigenvalue weighted by molar-refractivity contribution is 7.16. The zero-order valence-corrected chi connectivity index (χ0v) is 18.1. The van der Waals surface area contributed by atoms with E-state index in [-0.39, 0.29) is 6.04 Å². The van der Waals surface area contributed by atoms with E-state index in [2.05, 4.69) is 25.9 Å². The summed E-state index contributed by atoms with van der Waals surface area (Å²) < 4.78 is 3.14. The van der Waals surface area contributed by atoms with E-state index >= 15 is 0 Å². The zero-order chi connectivity index (χ0) is 21.7. The molecule has 2 aliphatic rings. The van der Waals surface area contributed by atoms with Crippen LogP contribution in [0.3, 0.4) is 0 Å². The lowest BCUT2D eigenvalue weighted by atomic mass is 10.0. The van der Waals surface area contributed by atoms with Gasteiger partial charge in [-0.3, -0.25) is 4.79 Å². The molecule has 0 radical (unpaired) electrons. The van der Waals surface area contributed by atoms with Crippen molar-refractivity contribution in [1.82, 2.24) is 29.6 Å². The molecule has 4 heterocycles. The Morgan fingerprint density at radius 2 is 2.12 bits per heavy atom. The number of carbonyl (C=O) groups excluding carboxylic acids is 1. The summed E-state index contributed by atoms with van der Waals surface area (Å²) in [6.07, 6.45) is 8.84. The summed E-state index contributed by atoms with van der Waals surface area (Å²) in [6, 6.07) is 6.28. The van der Waals surface area contributed by atoms with Gasteiger partial charge in [-0.05, 0) is 43.0 Å². The first-order valence-corrected chi connectivity index (χ1v) is 11.5. The minimum absolute atomic E-state index is 0.120. The van der Waals surface area contributed by atoms with Gasteiger partial charge in [-0.2, -0.15) is 5.10 Å². The molecule has 4 aromatic rings. The number of aromatic nitrogens is 5. The molecule has 0 saturated heterocycles. The highest BCUT2D eigenvalue weighted by Crippen LogP contribution is 2.43. The topological polar surface area (TPSA) is 103 Å². The molecule has 1 atom stereocenters. The van der Waals surface area contributed by atoms with Gasteiger partial charge in [-0.15, -0.1) is 11.3 Å². The number of carbonyl (C=O) groups is 1. The van der Waals surface area contributed by atoms with Gasteiger partial charge in [0.2, 0.25) is 0 Å². The molecule has 3 aromatic heterocycles. The number of rotatable bonds is 4. The number of allylic oxidation sites excluding steroid dienone is 1. The van der Waals surface area contributed by atoms with E-state index in [4.69, 9.17) is 10.8 Å². The quantitative estimate of drug-likeness (QED) is 0.291. The van der Waals surface area contributed by atoms with E-state index < -0.39 is 0 Å². The Morgan fingerprint density at radius 3 is 3.03 bits per heavy atom. The summed E-state index contributed by atoms with van der Waals surface area (Å²) >= 11 is 1.61. The Kier molecular flexibility index (Phi) is 4.50. The summed E-state index contributed by atoms with van der Waals surface area (Å²) in [7, 11) is 0. The van der Waals surface area contributed by atoms with Crippen LogP contribution in [0.1, 0.15) is 25.3 Å². The normalized spacial score (nSPS) is 18.9. The van der Waals surface area contributed by atoms with Gasteiger partial charge in [0.25, 0.3) is 0 Å². The minimum atomic E-state index is 0.120. The Hall–Kier alpha value is -3.59. The van der Waals surface area contributed by atoms with Crippen molar-refractivity contribution < 1.29 is 4.79 Å². The van der Waals surface area contributed by atoms with Crippen LogP contribution in [0.5, 0.6) is 0 Å². The van der Waals surface area contributed by atoms with Crippen molar-refractivity contribution in [2.45, 2.75) is 25.3 Å². The van der Waals surface area contributed by atoms with Crippen LogP contribution in [0.25, 0.3) is 32.5 Å². The first-order chi connectivity index (χ1) is 15.7. The highest BCUT2D eigenvalue weighted by Gasteiger charge is 2.33. The number of aldehydes is 1. The molecule has 1 aliphatic heterocycles. The average molecular weight is 444 g/mol. The van der Waals surface area contributed by atoms with Gasteiger partial charge in [0.1, 0.15) is 24.1 Å². The van der Waals surface area contributed by atoms with E-state index in [0.717, 1.165) is 71.1 Å². The maximum absolute atomic E-state index is 10.8. The Bertz CT molecular complexity index is 1420. The zero-order valence-electron chi connectivity index (χ0n) is 17.3. The van der Waals surface area contributed by atoms with Crippen molar-refractivity contribution in [1.29, 1.82) is 0 Å². The monoisotopic (exact) mass is 443 g/mol. The van der Waals surface area contributed by atoms with Crippen LogP contribution in [0.15, 0.2) is 53.5 Å². The molecular formula is C23H21N7OS. The van der Waals surface area contributed by atoms with Crippen LogP contribution in [0.2, 0.25) is 0 Å².